The highest BCUT2D eigenvalue weighted by molar-refractivity contribution is 5.67. The standard InChI is InChI=1S/C18H19N3O2/c1-13-11-21(12-14(2)22-13)18-16(10-19)20-17(23-18)9-8-15-6-4-3-5-7-15/h3-9,13-14H,11-12H2,1-2H3/b9-8+/t13-,14-/m1/s1. The first-order valence-electron chi connectivity index (χ1n) is 7.70. The number of nitrogens with zero attached hydrogens (tertiary/aromatic N) is 3. The summed E-state index contributed by atoms with van der Waals surface area (Å²) < 4.78 is 11.5. The summed E-state index contributed by atoms with van der Waals surface area (Å²) in [5.41, 5.74) is 1.37. The fourth-order valence-corrected chi connectivity index (χ4v) is 2.76. The van der Waals surface area contributed by atoms with E-state index in [-0.39, 0.29) is 12.2 Å². The van der Waals surface area contributed by atoms with E-state index in [1.165, 1.54) is 0 Å². The van der Waals surface area contributed by atoms with E-state index in [4.69, 9.17) is 9.15 Å². The van der Waals surface area contributed by atoms with Crippen LogP contribution < -0.4 is 4.90 Å². The minimum Gasteiger partial charge on any atom is -0.420 e. The SMILES string of the molecule is C[C@@H]1CN(c2oc(/C=C/c3ccccc3)nc2C#N)C[C@@H](C)O1. The van der Waals surface area contributed by atoms with E-state index < -0.39 is 0 Å². The van der Waals surface area contributed by atoms with Crippen LogP contribution in [0.2, 0.25) is 0 Å². The third-order valence-corrected chi connectivity index (χ3v) is 3.66. The molecule has 0 spiro atoms. The van der Waals surface area contributed by atoms with Crippen LogP contribution in [0.1, 0.15) is 31.0 Å². The summed E-state index contributed by atoms with van der Waals surface area (Å²) in [4.78, 5) is 6.30. The maximum atomic E-state index is 9.32. The van der Waals surface area contributed by atoms with Crippen molar-refractivity contribution in [2.75, 3.05) is 18.0 Å². The number of benzene rings is 1. The molecule has 2 atom stereocenters. The fraction of sp³-hybridized carbons (Fsp3) is 0.333. The monoisotopic (exact) mass is 309 g/mol. The molecular formula is C18H19N3O2. The molecule has 5 heteroatoms. The summed E-state index contributed by atoms with van der Waals surface area (Å²) in [6, 6.07) is 12.0. The van der Waals surface area contributed by atoms with Gasteiger partial charge in [0.15, 0.2) is 0 Å². The average Bonchev–Trinajstić information content (AvgIpc) is 2.96. The number of rotatable bonds is 3. The van der Waals surface area contributed by atoms with Crippen LogP contribution in [0.25, 0.3) is 12.2 Å². The Hall–Kier alpha value is -2.58. The first-order valence-corrected chi connectivity index (χ1v) is 7.70. The molecule has 2 aromatic rings. The van der Waals surface area contributed by atoms with E-state index in [9.17, 15) is 5.26 Å². The zero-order valence-corrected chi connectivity index (χ0v) is 13.3. The normalized spacial score (nSPS) is 21.5. The molecule has 5 nitrogen and oxygen atoms in total. The molecule has 0 unspecified atom stereocenters. The number of aromatic nitrogens is 1. The molecule has 1 fully saturated rings. The topological polar surface area (TPSA) is 62.3 Å². The Balaban J connectivity index is 1.83. The van der Waals surface area contributed by atoms with E-state index in [1.54, 1.807) is 6.08 Å². The molecule has 1 saturated heterocycles. The summed E-state index contributed by atoms with van der Waals surface area (Å²) in [6.07, 6.45) is 3.89. The van der Waals surface area contributed by atoms with Crippen molar-refractivity contribution in [3.05, 3.63) is 47.5 Å². The van der Waals surface area contributed by atoms with Gasteiger partial charge in [0, 0.05) is 19.2 Å². The Labute approximate surface area is 135 Å². The second-order valence-electron chi connectivity index (χ2n) is 5.72. The van der Waals surface area contributed by atoms with Crippen molar-refractivity contribution >= 4 is 18.0 Å². The molecule has 1 aliphatic rings. The summed E-state index contributed by atoms with van der Waals surface area (Å²) in [5.74, 6) is 0.967. The quantitative estimate of drug-likeness (QED) is 0.870. The van der Waals surface area contributed by atoms with E-state index in [0.717, 1.165) is 5.56 Å². The van der Waals surface area contributed by atoms with Crippen molar-refractivity contribution in [3.63, 3.8) is 0 Å². The Kier molecular flexibility index (Phi) is 4.45. The highest BCUT2D eigenvalue weighted by atomic mass is 16.5. The van der Waals surface area contributed by atoms with Gasteiger partial charge in [0.1, 0.15) is 6.07 Å². The van der Waals surface area contributed by atoms with Crippen LogP contribution in [0.15, 0.2) is 34.7 Å². The summed E-state index contributed by atoms with van der Waals surface area (Å²) in [7, 11) is 0. The molecule has 1 aromatic carbocycles. The van der Waals surface area contributed by atoms with Crippen molar-refractivity contribution in [1.29, 1.82) is 5.26 Å². The van der Waals surface area contributed by atoms with Gasteiger partial charge < -0.3 is 14.1 Å². The second kappa shape index (κ2) is 6.67. The minimum absolute atomic E-state index is 0.0960. The van der Waals surface area contributed by atoms with Gasteiger partial charge in [-0.1, -0.05) is 30.3 Å². The van der Waals surface area contributed by atoms with Crippen LogP contribution in [-0.4, -0.2) is 30.3 Å². The Morgan fingerprint density at radius 2 is 1.87 bits per heavy atom. The van der Waals surface area contributed by atoms with Gasteiger partial charge in [-0.25, -0.2) is 0 Å². The highest BCUT2D eigenvalue weighted by Gasteiger charge is 2.27. The number of nitriles is 1. The lowest BCUT2D eigenvalue weighted by Gasteiger charge is -2.34. The van der Waals surface area contributed by atoms with Gasteiger partial charge in [-0.15, -0.1) is 0 Å². The molecule has 118 valence electrons. The zero-order valence-electron chi connectivity index (χ0n) is 13.3. The number of oxazole rings is 1. The third kappa shape index (κ3) is 3.61. The van der Waals surface area contributed by atoms with Crippen LogP contribution in [-0.2, 0) is 4.74 Å². The molecule has 3 rings (SSSR count). The van der Waals surface area contributed by atoms with Crippen molar-refractivity contribution < 1.29 is 9.15 Å². The molecule has 2 heterocycles. The third-order valence-electron chi connectivity index (χ3n) is 3.66. The van der Waals surface area contributed by atoms with Gasteiger partial charge in [0.25, 0.3) is 0 Å². The molecular weight excluding hydrogens is 290 g/mol. The first kappa shape index (κ1) is 15.3. The number of ether oxygens (including phenoxy) is 1. The second-order valence-corrected chi connectivity index (χ2v) is 5.72. The zero-order chi connectivity index (χ0) is 16.2. The van der Waals surface area contributed by atoms with E-state index >= 15 is 0 Å². The number of anilines is 1. The molecule has 0 amide bonds. The fourth-order valence-electron chi connectivity index (χ4n) is 2.76. The van der Waals surface area contributed by atoms with Crippen molar-refractivity contribution in [2.24, 2.45) is 0 Å². The Morgan fingerprint density at radius 3 is 2.52 bits per heavy atom. The lowest BCUT2D eigenvalue weighted by Crippen LogP contribution is -2.45. The highest BCUT2D eigenvalue weighted by Crippen LogP contribution is 2.26. The van der Waals surface area contributed by atoms with Crippen molar-refractivity contribution in [2.45, 2.75) is 26.1 Å². The van der Waals surface area contributed by atoms with Crippen LogP contribution >= 0.6 is 0 Å². The molecule has 0 bridgehead atoms. The Morgan fingerprint density at radius 1 is 1.17 bits per heavy atom. The molecule has 0 N–H and O–H groups in total. The molecule has 1 aliphatic heterocycles. The predicted molar refractivity (Wildman–Crippen MR) is 88.8 cm³/mol. The number of hydrogen-bond acceptors (Lipinski definition) is 5. The summed E-state index contributed by atoms with van der Waals surface area (Å²) in [6.45, 7) is 5.41. The molecule has 1 aromatic heterocycles. The Bertz CT molecular complexity index is 720. The lowest BCUT2D eigenvalue weighted by molar-refractivity contribution is -0.00642. The lowest BCUT2D eigenvalue weighted by atomic mass is 10.2. The average molecular weight is 309 g/mol. The van der Waals surface area contributed by atoms with Crippen LogP contribution in [0, 0.1) is 11.3 Å². The van der Waals surface area contributed by atoms with Crippen molar-refractivity contribution in [3.8, 4) is 6.07 Å². The maximum Gasteiger partial charge on any atom is 0.235 e. The molecule has 0 aliphatic carbocycles. The first-order chi connectivity index (χ1) is 11.2. The summed E-state index contributed by atoms with van der Waals surface area (Å²) in [5, 5.41) is 9.32. The van der Waals surface area contributed by atoms with E-state index in [0.29, 0.717) is 30.6 Å². The number of hydrogen-bond donors (Lipinski definition) is 0. The van der Waals surface area contributed by atoms with E-state index in [1.807, 2.05) is 55.2 Å². The summed E-state index contributed by atoms with van der Waals surface area (Å²) >= 11 is 0. The number of morpholine rings is 1. The predicted octanol–water partition coefficient (Wildman–Crippen LogP) is 3.33. The van der Waals surface area contributed by atoms with Gasteiger partial charge in [-0.3, -0.25) is 0 Å². The van der Waals surface area contributed by atoms with Gasteiger partial charge >= 0.3 is 0 Å². The van der Waals surface area contributed by atoms with Gasteiger partial charge in [-0.2, -0.15) is 10.2 Å². The smallest absolute Gasteiger partial charge is 0.235 e. The molecule has 0 radical (unpaired) electrons. The maximum absolute atomic E-state index is 9.32. The molecule has 23 heavy (non-hydrogen) atoms. The largest absolute Gasteiger partial charge is 0.420 e. The van der Waals surface area contributed by atoms with Crippen LogP contribution in [0.3, 0.4) is 0 Å². The van der Waals surface area contributed by atoms with Gasteiger partial charge in [0.05, 0.1) is 12.2 Å². The molecule has 0 saturated carbocycles. The van der Waals surface area contributed by atoms with Crippen LogP contribution in [0.5, 0.6) is 0 Å². The van der Waals surface area contributed by atoms with Crippen molar-refractivity contribution in [1.82, 2.24) is 4.98 Å². The van der Waals surface area contributed by atoms with Gasteiger partial charge in [-0.05, 0) is 25.5 Å². The minimum atomic E-state index is 0.0960. The van der Waals surface area contributed by atoms with Gasteiger partial charge in [0.2, 0.25) is 17.5 Å². The van der Waals surface area contributed by atoms with Crippen LogP contribution in [0.4, 0.5) is 5.88 Å². The van der Waals surface area contributed by atoms with E-state index in [2.05, 4.69) is 11.1 Å².